The van der Waals surface area contributed by atoms with Crippen LogP contribution in [0.1, 0.15) is 37.5 Å². The third-order valence-corrected chi connectivity index (χ3v) is 4.19. The lowest BCUT2D eigenvalue weighted by Crippen LogP contribution is -2.38. The van der Waals surface area contributed by atoms with Crippen molar-refractivity contribution < 1.29 is 14.6 Å². The topological polar surface area (TPSA) is 75.1 Å². The van der Waals surface area contributed by atoms with Crippen LogP contribution in [0.4, 0.5) is 0 Å². The summed E-state index contributed by atoms with van der Waals surface area (Å²) >= 11 is 0. The highest BCUT2D eigenvalue weighted by Crippen LogP contribution is 2.28. The van der Waals surface area contributed by atoms with Crippen LogP contribution in [-0.2, 0) is 6.54 Å². The number of benzene rings is 2. The van der Waals surface area contributed by atoms with Gasteiger partial charge in [-0.3, -0.25) is 0 Å². The van der Waals surface area contributed by atoms with E-state index < -0.39 is 6.10 Å². The Kier molecular flexibility index (Phi) is 9.15. The Morgan fingerprint density at radius 1 is 1.07 bits per heavy atom. The lowest BCUT2D eigenvalue weighted by Gasteiger charge is -2.15. The van der Waals surface area contributed by atoms with Gasteiger partial charge in [0.1, 0.15) is 0 Å². The van der Waals surface area contributed by atoms with Crippen molar-refractivity contribution in [3.8, 4) is 11.5 Å². The van der Waals surface area contributed by atoms with Crippen LogP contribution in [0.15, 0.2) is 53.5 Å². The maximum absolute atomic E-state index is 10.3. The van der Waals surface area contributed by atoms with E-state index in [9.17, 15) is 5.11 Å². The van der Waals surface area contributed by atoms with Crippen molar-refractivity contribution in [1.29, 1.82) is 0 Å². The molecule has 3 N–H and O–H groups in total. The van der Waals surface area contributed by atoms with Gasteiger partial charge in [-0.15, -0.1) is 0 Å². The molecule has 0 aliphatic carbocycles. The quantitative estimate of drug-likeness (QED) is 0.432. The minimum atomic E-state index is -0.494. The van der Waals surface area contributed by atoms with Crippen LogP contribution in [0, 0.1) is 0 Å². The molecule has 0 aromatic heterocycles. The van der Waals surface area contributed by atoms with E-state index in [2.05, 4.69) is 15.6 Å². The predicted molar refractivity (Wildman–Crippen MR) is 113 cm³/mol. The van der Waals surface area contributed by atoms with Crippen molar-refractivity contribution in [1.82, 2.24) is 10.6 Å². The number of methoxy groups -OCH3 is 1. The van der Waals surface area contributed by atoms with Crippen molar-refractivity contribution in [2.24, 2.45) is 4.99 Å². The summed E-state index contributed by atoms with van der Waals surface area (Å²) in [6.07, 6.45) is 0.109. The highest BCUT2D eigenvalue weighted by molar-refractivity contribution is 5.79. The number of aliphatic hydroxyl groups excluding tert-OH is 1. The van der Waals surface area contributed by atoms with Crippen LogP contribution in [0.3, 0.4) is 0 Å². The molecule has 0 fully saturated rings. The lowest BCUT2D eigenvalue weighted by atomic mass is 10.1. The molecule has 0 radical (unpaired) electrons. The molecule has 6 nitrogen and oxygen atoms in total. The fourth-order valence-corrected chi connectivity index (χ4v) is 2.77. The minimum absolute atomic E-state index is 0.494. The molecule has 0 aliphatic rings. The number of aliphatic hydroxyl groups is 1. The summed E-state index contributed by atoms with van der Waals surface area (Å²) in [5.41, 5.74) is 1.96. The first-order chi connectivity index (χ1) is 13.7. The molecule has 0 heterocycles. The Hall–Kier alpha value is -2.73. The van der Waals surface area contributed by atoms with E-state index in [1.807, 2.05) is 62.4 Å². The predicted octanol–water partition coefficient (Wildman–Crippen LogP) is 3.27. The summed E-state index contributed by atoms with van der Waals surface area (Å²) in [4.78, 5) is 4.63. The van der Waals surface area contributed by atoms with Crippen molar-refractivity contribution >= 4 is 5.96 Å². The van der Waals surface area contributed by atoms with Crippen molar-refractivity contribution in [3.05, 3.63) is 59.7 Å². The lowest BCUT2D eigenvalue weighted by molar-refractivity contribution is 0.168. The molecular weight excluding hydrogens is 354 g/mol. The molecule has 152 valence electrons. The van der Waals surface area contributed by atoms with E-state index >= 15 is 0 Å². The molecule has 2 aromatic rings. The average Bonchev–Trinajstić information content (AvgIpc) is 2.73. The van der Waals surface area contributed by atoms with Crippen LogP contribution in [0.2, 0.25) is 0 Å². The maximum atomic E-state index is 10.3. The van der Waals surface area contributed by atoms with Gasteiger partial charge >= 0.3 is 0 Å². The van der Waals surface area contributed by atoms with Gasteiger partial charge in [-0.1, -0.05) is 36.4 Å². The number of ether oxygens (including phenoxy) is 2. The van der Waals surface area contributed by atoms with Crippen LogP contribution in [0.5, 0.6) is 11.5 Å². The van der Waals surface area contributed by atoms with E-state index in [4.69, 9.17) is 9.47 Å². The van der Waals surface area contributed by atoms with Gasteiger partial charge in [0.25, 0.3) is 0 Å². The van der Waals surface area contributed by atoms with E-state index in [0.29, 0.717) is 26.1 Å². The second-order valence-electron chi connectivity index (χ2n) is 6.26. The SMILES string of the molecule is CCNC(=NCc1ccc(OC)c(OCC)c1)NCCC(O)c1ccccc1. The number of rotatable bonds is 10. The number of hydrogen-bond donors (Lipinski definition) is 3. The fourth-order valence-electron chi connectivity index (χ4n) is 2.77. The second-order valence-corrected chi connectivity index (χ2v) is 6.26. The summed E-state index contributed by atoms with van der Waals surface area (Å²) in [7, 11) is 1.63. The van der Waals surface area contributed by atoms with Gasteiger partial charge in [0.2, 0.25) is 0 Å². The molecule has 2 rings (SSSR count). The Balaban J connectivity index is 1.93. The third kappa shape index (κ3) is 6.78. The monoisotopic (exact) mass is 385 g/mol. The Morgan fingerprint density at radius 3 is 2.54 bits per heavy atom. The van der Waals surface area contributed by atoms with Crippen molar-refractivity contribution in [2.75, 3.05) is 26.8 Å². The summed E-state index contributed by atoms with van der Waals surface area (Å²) in [6, 6.07) is 15.5. The van der Waals surface area contributed by atoms with Crippen LogP contribution in [-0.4, -0.2) is 37.9 Å². The summed E-state index contributed by atoms with van der Waals surface area (Å²) < 4.78 is 10.9. The molecule has 0 amide bonds. The number of nitrogens with zero attached hydrogens (tertiary/aromatic N) is 1. The van der Waals surface area contributed by atoms with Gasteiger partial charge in [0.15, 0.2) is 17.5 Å². The number of aliphatic imine (C=N–C) groups is 1. The van der Waals surface area contributed by atoms with Gasteiger partial charge in [-0.25, -0.2) is 4.99 Å². The van der Waals surface area contributed by atoms with Crippen LogP contribution < -0.4 is 20.1 Å². The number of hydrogen-bond acceptors (Lipinski definition) is 4. The van der Waals surface area contributed by atoms with Gasteiger partial charge in [-0.05, 0) is 43.5 Å². The Labute approximate surface area is 167 Å². The van der Waals surface area contributed by atoms with Crippen LogP contribution >= 0.6 is 0 Å². The first kappa shape index (κ1) is 21.6. The van der Waals surface area contributed by atoms with E-state index in [1.54, 1.807) is 7.11 Å². The number of nitrogens with one attached hydrogen (secondary N) is 2. The molecule has 0 spiro atoms. The van der Waals surface area contributed by atoms with Gasteiger partial charge in [-0.2, -0.15) is 0 Å². The van der Waals surface area contributed by atoms with Crippen LogP contribution in [0.25, 0.3) is 0 Å². The molecule has 28 heavy (non-hydrogen) atoms. The molecule has 1 unspecified atom stereocenters. The molecule has 1 atom stereocenters. The van der Waals surface area contributed by atoms with Crippen molar-refractivity contribution in [2.45, 2.75) is 32.9 Å². The molecule has 2 aromatic carbocycles. The highest BCUT2D eigenvalue weighted by Gasteiger charge is 2.08. The molecule has 0 saturated heterocycles. The zero-order valence-corrected chi connectivity index (χ0v) is 16.9. The zero-order chi connectivity index (χ0) is 20.2. The molecule has 6 heteroatoms. The largest absolute Gasteiger partial charge is 0.493 e. The third-order valence-electron chi connectivity index (χ3n) is 4.19. The second kappa shape index (κ2) is 11.9. The summed E-state index contributed by atoms with van der Waals surface area (Å²) in [5, 5.41) is 16.8. The zero-order valence-electron chi connectivity index (χ0n) is 16.9. The standard InChI is InChI=1S/C22H31N3O3/c1-4-23-22(24-14-13-19(26)18-9-7-6-8-10-18)25-16-17-11-12-20(27-3)21(15-17)28-5-2/h6-12,15,19,26H,4-5,13-14,16H2,1-3H3,(H2,23,24,25). The van der Waals surface area contributed by atoms with Gasteiger partial charge < -0.3 is 25.2 Å². The molecule has 0 saturated carbocycles. The Bertz CT molecular complexity index is 735. The minimum Gasteiger partial charge on any atom is -0.493 e. The first-order valence-electron chi connectivity index (χ1n) is 9.72. The molecule has 0 bridgehead atoms. The van der Waals surface area contributed by atoms with E-state index in [1.165, 1.54) is 0 Å². The smallest absolute Gasteiger partial charge is 0.191 e. The molecular formula is C22H31N3O3. The van der Waals surface area contributed by atoms with E-state index in [-0.39, 0.29) is 0 Å². The van der Waals surface area contributed by atoms with E-state index in [0.717, 1.165) is 35.1 Å². The number of guanidine groups is 1. The first-order valence-corrected chi connectivity index (χ1v) is 9.72. The maximum Gasteiger partial charge on any atom is 0.191 e. The van der Waals surface area contributed by atoms with Gasteiger partial charge in [0, 0.05) is 13.1 Å². The summed E-state index contributed by atoms with van der Waals surface area (Å²) in [6.45, 7) is 6.45. The Morgan fingerprint density at radius 2 is 1.86 bits per heavy atom. The van der Waals surface area contributed by atoms with Gasteiger partial charge in [0.05, 0.1) is 26.4 Å². The average molecular weight is 386 g/mol. The summed E-state index contributed by atoms with van der Waals surface area (Å²) in [5.74, 6) is 2.16. The fraction of sp³-hybridized carbons (Fsp3) is 0.409. The molecule has 0 aliphatic heterocycles. The van der Waals surface area contributed by atoms with Crippen molar-refractivity contribution in [3.63, 3.8) is 0 Å². The normalized spacial score (nSPS) is 12.4. The highest BCUT2D eigenvalue weighted by atomic mass is 16.5.